The van der Waals surface area contributed by atoms with E-state index in [1.165, 1.54) is 11.3 Å². The van der Waals surface area contributed by atoms with Crippen molar-refractivity contribution in [1.82, 2.24) is 9.88 Å². The molecular formula is C17H21N3O3S. The number of ether oxygens (including phenoxy) is 2. The van der Waals surface area contributed by atoms with Crippen molar-refractivity contribution >= 4 is 17.2 Å². The summed E-state index contributed by atoms with van der Waals surface area (Å²) in [6, 6.07) is 5.71. The van der Waals surface area contributed by atoms with Gasteiger partial charge in [0.25, 0.3) is 5.91 Å². The zero-order valence-electron chi connectivity index (χ0n) is 13.8. The van der Waals surface area contributed by atoms with Crippen LogP contribution in [0.25, 0.3) is 0 Å². The van der Waals surface area contributed by atoms with Gasteiger partial charge in [0.05, 0.1) is 20.3 Å². The number of amides is 1. The van der Waals surface area contributed by atoms with Crippen LogP contribution in [-0.4, -0.2) is 36.6 Å². The Morgan fingerprint density at radius 2 is 2.25 bits per heavy atom. The van der Waals surface area contributed by atoms with Gasteiger partial charge in [-0.05, 0) is 25.0 Å². The lowest BCUT2D eigenvalue weighted by Crippen LogP contribution is -2.31. The number of methoxy groups -OCH3 is 2. The van der Waals surface area contributed by atoms with E-state index in [4.69, 9.17) is 15.2 Å². The van der Waals surface area contributed by atoms with Gasteiger partial charge in [0, 0.05) is 30.1 Å². The molecule has 0 aliphatic carbocycles. The molecule has 7 heteroatoms. The molecule has 2 aromatic rings. The minimum absolute atomic E-state index is 0.0126. The predicted octanol–water partition coefficient (Wildman–Crippen LogP) is 2.60. The number of hydrogen-bond donors (Lipinski definition) is 1. The van der Waals surface area contributed by atoms with Crippen molar-refractivity contribution in [3.05, 3.63) is 39.8 Å². The van der Waals surface area contributed by atoms with Crippen molar-refractivity contribution in [1.29, 1.82) is 0 Å². The van der Waals surface area contributed by atoms with Gasteiger partial charge < -0.3 is 20.1 Å². The van der Waals surface area contributed by atoms with Gasteiger partial charge in [-0.1, -0.05) is 0 Å². The average Bonchev–Trinajstić information content (AvgIpc) is 3.29. The molecule has 6 nitrogen and oxygen atoms in total. The van der Waals surface area contributed by atoms with E-state index in [9.17, 15) is 4.79 Å². The Morgan fingerprint density at radius 1 is 1.42 bits per heavy atom. The van der Waals surface area contributed by atoms with Crippen molar-refractivity contribution in [2.45, 2.75) is 25.4 Å². The summed E-state index contributed by atoms with van der Waals surface area (Å²) in [5.74, 6) is 1.42. The molecule has 1 saturated heterocycles. The van der Waals surface area contributed by atoms with Gasteiger partial charge in [-0.25, -0.2) is 4.98 Å². The summed E-state index contributed by atoms with van der Waals surface area (Å²) < 4.78 is 10.8. The molecule has 0 radical (unpaired) electrons. The molecule has 1 aromatic heterocycles. The number of likely N-dealkylation sites (tertiary alicyclic amines) is 1. The fourth-order valence-corrected chi connectivity index (χ4v) is 3.73. The van der Waals surface area contributed by atoms with Crippen LogP contribution in [0, 0.1) is 0 Å². The fourth-order valence-electron chi connectivity index (χ4n) is 3.08. The van der Waals surface area contributed by atoms with Crippen LogP contribution in [0.1, 0.15) is 39.9 Å². The number of carbonyl (C=O) groups is 1. The SMILES string of the molecule is COc1ccc(C2CCCN2C(=O)c2csc(CN)n2)c(OC)c1. The normalized spacial score (nSPS) is 17.1. The zero-order valence-corrected chi connectivity index (χ0v) is 14.6. The molecule has 1 amide bonds. The third kappa shape index (κ3) is 3.09. The van der Waals surface area contributed by atoms with Gasteiger partial charge >= 0.3 is 0 Å². The highest BCUT2D eigenvalue weighted by atomic mass is 32.1. The van der Waals surface area contributed by atoms with Crippen LogP contribution in [0.4, 0.5) is 0 Å². The van der Waals surface area contributed by atoms with E-state index in [1.54, 1.807) is 19.6 Å². The number of nitrogens with zero attached hydrogens (tertiary/aromatic N) is 2. The van der Waals surface area contributed by atoms with Crippen LogP contribution in [0.5, 0.6) is 11.5 Å². The fraction of sp³-hybridized carbons (Fsp3) is 0.412. The van der Waals surface area contributed by atoms with E-state index in [2.05, 4.69) is 4.98 Å². The first-order valence-electron chi connectivity index (χ1n) is 7.85. The maximum absolute atomic E-state index is 12.8. The van der Waals surface area contributed by atoms with Gasteiger partial charge in [0.1, 0.15) is 22.2 Å². The Kier molecular flexibility index (Phi) is 5.01. The quantitative estimate of drug-likeness (QED) is 0.899. The molecule has 1 aliphatic rings. The Labute approximate surface area is 145 Å². The first-order chi connectivity index (χ1) is 11.7. The monoisotopic (exact) mass is 347 g/mol. The molecule has 0 spiro atoms. The third-order valence-corrected chi connectivity index (χ3v) is 5.13. The minimum atomic E-state index is -0.0497. The highest BCUT2D eigenvalue weighted by molar-refractivity contribution is 7.09. The number of benzene rings is 1. The molecule has 0 saturated carbocycles. The van der Waals surface area contributed by atoms with Crippen molar-refractivity contribution in [3.8, 4) is 11.5 Å². The van der Waals surface area contributed by atoms with E-state index >= 15 is 0 Å². The van der Waals surface area contributed by atoms with Crippen LogP contribution in [0.15, 0.2) is 23.6 Å². The van der Waals surface area contributed by atoms with Crippen LogP contribution in [-0.2, 0) is 6.54 Å². The van der Waals surface area contributed by atoms with E-state index < -0.39 is 0 Å². The second-order valence-electron chi connectivity index (χ2n) is 5.60. The number of aromatic nitrogens is 1. The summed E-state index contributed by atoms with van der Waals surface area (Å²) in [5.41, 5.74) is 7.07. The first kappa shape index (κ1) is 16.7. The van der Waals surface area contributed by atoms with Gasteiger partial charge in [0.2, 0.25) is 0 Å². The molecule has 24 heavy (non-hydrogen) atoms. The largest absolute Gasteiger partial charge is 0.497 e. The Balaban J connectivity index is 1.89. The molecule has 1 fully saturated rings. The Hall–Kier alpha value is -2.12. The van der Waals surface area contributed by atoms with Crippen molar-refractivity contribution < 1.29 is 14.3 Å². The maximum Gasteiger partial charge on any atom is 0.273 e. The minimum Gasteiger partial charge on any atom is -0.497 e. The number of hydrogen-bond acceptors (Lipinski definition) is 6. The molecule has 1 atom stereocenters. The molecular weight excluding hydrogens is 326 g/mol. The van der Waals surface area contributed by atoms with Crippen LogP contribution < -0.4 is 15.2 Å². The molecule has 128 valence electrons. The van der Waals surface area contributed by atoms with Crippen molar-refractivity contribution in [2.24, 2.45) is 5.73 Å². The molecule has 1 aromatic carbocycles. The topological polar surface area (TPSA) is 77.7 Å². The first-order valence-corrected chi connectivity index (χ1v) is 8.73. The summed E-state index contributed by atoms with van der Waals surface area (Å²) in [5, 5.41) is 2.56. The van der Waals surface area contributed by atoms with Gasteiger partial charge in [0.15, 0.2) is 0 Å². The lowest BCUT2D eigenvalue weighted by Gasteiger charge is -2.26. The predicted molar refractivity (Wildman–Crippen MR) is 92.6 cm³/mol. The number of nitrogens with two attached hydrogens (primary N) is 1. The molecule has 2 heterocycles. The lowest BCUT2D eigenvalue weighted by atomic mass is 10.0. The number of rotatable bonds is 5. The summed E-state index contributed by atoms with van der Waals surface area (Å²) in [6.07, 6.45) is 1.86. The van der Waals surface area contributed by atoms with Crippen molar-refractivity contribution in [3.63, 3.8) is 0 Å². The van der Waals surface area contributed by atoms with E-state index in [0.29, 0.717) is 18.8 Å². The highest BCUT2D eigenvalue weighted by Gasteiger charge is 2.33. The summed E-state index contributed by atoms with van der Waals surface area (Å²) in [7, 11) is 3.25. The smallest absolute Gasteiger partial charge is 0.273 e. The zero-order chi connectivity index (χ0) is 17.1. The van der Waals surface area contributed by atoms with Gasteiger partial charge in [-0.15, -0.1) is 11.3 Å². The second-order valence-corrected chi connectivity index (χ2v) is 6.54. The Morgan fingerprint density at radius 3 is 2.92 bits per heavy atom. The van der Waals surface area contributed by atoms with Crippen LogP contribution in [0.2, 0.25) is 0 Å². The van der Waals surface area contributed by atoms with E-state index in [-0.39, 0.29) is 11.9 Å². The number of carbonyl (C=O) groups excluding carboxylic acids is 1. The van der Waals surface area contributed by atoms with Crippen LogP contribution in [0.3, 0.4) is 0 Å². The molecule has 3 rings (SSSR count). The van der Waals surface area contributed by atoms with Crippen LogP contribution >= 0.6 is 11.3 Å². The molecule has 2 N–H and O–H groups in total. The Bertz CT molecular complexity index is 732. The maximum atomic E-state index is 12.8. The van der Waals surface area contributed by atoms with Gasteiger partial charge in [-0.2, -0.15) is 0 Å². The second kappa shape index (κ2) is 7.19. The molecule has 1 unspecified atom stereocenters. The molecule has 0 bridgehead atoms. The number of thiazole rings is 1. The van der Waals surface area contributed by atoms with E-state index in [0.717, 1.165) is 34.9 Å². The van der Waals surface area contributed by atoms with Gasteiger partial charge in [-0.3, -0.25) is 4.79 Å². The summed E-state index contributed by atoms with van der Waals surface area (Å²) in [4.78, 5) is 19.0. The highest BCUT2D eigenvalue weighted by Crippen LogP contribution is 2.39. The molecule has 1 aliphatic heterocycles. The van der Waals surface area contributed by atoms with E-state index in [1.807, 2.05) is 23.1 Å². The summed E-state index contributed by atoms with van der Waals surface area (Å²) >= 11 is 1.42. The average molecular weight is 347 g/mol. The lowest BCUT2D eigenvalue weighted by molar-refractivity contribution is 0.0729. The third-order valence-electron chi connectivity index (χ3n) is 4.26. The van der Waals surface area contributed by atoms with Crippen molar-refractivity contribution in [2.75, 3.05) is 20.8 Å². The standard InChI is InChI=1S/C17H21N3O3S/c1-22-11-5-6-12(15(8-11)23-2)14-4-3-7-20(14)17(21)13-10-24-16(9-18)19-13/h5-6,8,10,14H,3-4,7,9,18H2,1-2H3. The summed E-state index contributed by atoms with van der Waals surface area (Å²) in [6.45, 7) is 1.07.